The van der Waals surface area contributed by atoms with Gasteiger partial charge in [-0.2, -0.15) is 0 Å². The number of benzene rings is 3. The monoisotopic (exact) mass is 428 g/mol. The van der Waals surface area contributed by atoms with Crippen molar-refractivity contribution in [1.82, 2.24) is 4.57 Å². The first kappa shape index (κ1) is 20.1. The van der Waals surface area contributed by atoms with Crippen molar-refractivity contribution in [3.8, 4) is 5.75 Å². The zero-order valence-corrected chi connectivity index (χ0v) is 17.6. The maximum absolute atomic E-state index is 12.8. The maximum atomic E-state index is 12.8. The normalized spacial score (nSPS) is 13.2. The van der Waals surface area contributed by atoms with Crippen LogP contribution in [0.25, 0.3) is 21.8 Å². The van der Waals surface area contributed by atoms with Gasteiger partial charge in [-0.3, -0.25) is 4.79 Å². The Kier molecular flexibility index (Phi) is 5.05. The highest BCUT2D eigenvalue weighted by Crippen LogP contribution is 2.45. The standard InChI is InChI=1S/C26H24N2O4/c27-26(31)23-17-10-4-5-11-18(17)25(32-15-21(29)30)22-19-12-6-7-13-20(19)28(24(22)23)14-16-8-2-1-3-9-16/h1-3,6-9,12-13H,4-5,10-11,14-15H2,(H2,27,31)(H,29,30). The van der Waals surface area contributed by atoms with E-state index in [4.69, 9.17) is 10.5 Å². The molecule has 1 heterocycles. The zero-order chi connectivity index (χ0) is 22.2. The summed E-state index contributed by atoms with van der Waals surface area (Å²) in [6.07, 6.45) is 3.37. The van der Waals surface area contributed by atoms with Gasteiger partial charge in [-0.25, -0.2) is 4.79 Å². The minimum Gasteiger partial charge on any atom is -0.481 e. The Morgan fingerprint density at radius 3 is 2.38 bits per heavy atom. The Morgan fingerprint density at radius 1 is 0.969 bits per heavy atom. The molecule has 0 unspecified atom stereocenters. The second kappa shape index (κ2) is 8.04. The molecule has 1 aliphatic rings. The molecule has 6 nitrogen and oxygen atoms in total. The van der Waals surface area contributed by atoms with Crippen LogP contribution in [0.15, 0.2) is 54.6 Å². The molecule has 0 spiro atoms. The lowest BCUT2D eigenvalue weighted by atomic mass is 9.85. The maximum Gasteiger partial charge on any atom is 0.341 e. The average Bonchev–Trinajstić information content (AvgIpc) is 3.11. The summed E-state index contributed by atoms with van der Waals surface area (Å²) in [6, 6.07) is 18.0. The first-order chi connectivity index (χ1) is 15.6. The molecule has 162 valence electrons. The minimum absolute atomic E-state index is 0.435. The number of carbonyl (C=O) groups is 2. The van der Waals surface area contributed by atoms with Crippen LogP contribution >= 0.6 is 0 Å². The number of primary amides is 1. The van der Waals surface area contributed by atoms with Gasteiger partial charge in [-0.1, -0.05) is 48.5 Å². The minimum atomic E-state index is -1.03. The van der Waals surface area contributed by atoms with E-state index in [9.17, 15) is 14.7 Å². The number of aliphatic carboxylic acids is 1. The molecule has 0 saturated carbocycles. The largest absolute Gasteiger partial charge is 0.481 e. The van der Waals surface area contributed by atoms with E-state index in [0.717, 1.165) is 64.2 Å². The molecule has 0 aliphatic heterocycles. The molecule has 1 amide bonds. The molecule has 0 atom stereocenters. The third-order valence-corrected chi connectivity index (χ3v) is 6.25. The molecule has 4 aromatic rings. The quantitative estimate of drug-likeness (QED) is 0.479. The van der Waals surface area contributed by atoms with Crippen molar-refractivity contribution in [2.24, 2.45) is 5.73 Å². The molecule has 0 saturated heterocycles. The number of nitrogens with zero attached hydrogens (tertiary/aromatic N) is 1. The van der Waals surface area contributed by atoms with Gasteiger partial charge in [-0.05, 0) is 48.4 Å². The van der Waals surface area contributed by atoms with Crippen LogP contribution in [0.2, 0.25) is 0 Å². The van der Waals surface area contributed by atoms with Gasteiger partial charge >= 0.3 is 5.97 Å². The number of aromatic nitrogens is 1. The Morgan fingerprint density at radius 2 is 1.66 bits per heavy atom. The number of nitrogens with two attached hydrogens (primary N) is 1. The third-order valence-electron chi connectivity index (χ3n) is 6.25. The van der Waals surface area contributed by atoms with Crippen molar-refractivity contribution in [2.75, 3.05) is 6.61 Å². The van der Waals surface area contributed by atoms with Crippen molar-refractivity contribution < 1.29 is 19.4 Å². The van der Waals surface area contributed by atoms with E-state index in [1.54, 1.807) is 0 Å². The lowest BCUT2D eigenvalue weighted by Crippen LogP contribution is -2.21. The summed E-state index contributed by atoms with van der Waals surface area (Å²) in [5, 5.41) is 11.0. The van der Waals surface area contributed by atoms with Crippen molar-refractivity contribution in [1.29, 1.82) is 0 Å². The van der Waals surface area contributed by atoms with E-state index in [1.165, 1.54) is 0 Å². The summed E-state index contributed by atoms with van der Waals surface area (Å²) in [5.74, 6) is -0.921. The summed E-state index contributed by atoms with van der Waals surface area (Å²) in [7, 11) is 0. The molecule has 3 N–H and O–H groups in total. The van der Waals surface area contributed by atoms with Crippen LogP contribution in [0.5, 0.6) is 5.75 Å². The molecule has 3 aromatic carbocycles. The van der Waals surface area contributed by atoms with Crippen LogP contribution < -0.4 is 10.5 Å². The number of amides is 1. The molecule has 1 aliphatic carbocycles. The molecule has 0 radical (unpaired) electrons. The molecule has 1 aromatic heterocycles. The summed E-state index contributed by atoms with van der Waals surface area (Å²) in [5.41, 5.74) is 11.1. The molecule has 0 bridgehead atoms. The number of hydrogen-bond acceptors (Lipinski definition) is 3. The van der Waals surface area contributed by atoms with Crippen LogP contribution in [0, 0.1) is 0 Å². The number of para-hydroxylation sites is 1. The lowest BCUT2D eigenvalue weighted by molar-refractivity contribution is -0.139. The highest BCUT2D eigenvalue weighted by molar-refractivity contribution is 6.19. The second-order valence-corrected chi connectivity index (χ2v) is 8.23. The lowest BCUT2D eigenvalue weighted by Gasteiger charge is -2.24. The first-order valence-corrected chi connectivity index (χ1v) is 10.8. The molecular weight excluding hydrogens is 404 g/mol. The number of carboxylic acids is 1. The van der Waals surface area contributed by atoms with E-state index in [1.807, 2.05) is 54.6 Å². The molecule has 6 heteroatoms. The SMILES string of the molecule is NC(=O)c1c2c(c(OCC(=O)O)c3c4ccccc4n(Cc4ccccc4)c13)CCCC2. The van der Waals surface area contributed by atoms with Crippen LogP contribution in [0.1, 0.15) is 39.9 Å². The zero-order valence-electron chi connectivity index (χ0n) is 17.6. The van der Waals surface area contributed by atoms with E-state index in [2.05, 4.69) is 4.57 Å². The van der Waals surface area contributed by atoms with Crippen LogP contribution in [-0.2, 0) is 24.2 Å². The number of rotatable bonds is 6. The Bertz CT molecular complexity index is 1360. The van der Waals surface area contributed by atoms with Crippen LogP contribution in [-0.4, -0.2) is 28.2 Å². The fraction of sp³-hybridized carbons (Fsp3) is 0.231. The summed E-state index contributed by atoms with van der Waals surface area (Å²) < 4.78 is 8.03. The Hall–Kier alpha value is -3.80. The fourth-order valence-corrected chi connectivity index (χ4v) is 5.01. The van der Waals surface area contributed by atoms with Crippen LogP contribution in [0.4, 0.5) is 0 Å². The summed E-state index contributed by atoms with van der Waals surface area (Å²) in [6.45, 7) is 0.123. The van der Waals surface area contributed by atoms with Gasteiger partial charge in [0.05, 0.1) is 16.5 Å². The molecular formula is C26H24N2O4. The number of ether oxygens (including phenoxy) is 1. The Labute approximate surface area is 185 Å². The predicted molar refractivity (Wildman–Crippen MR) is 123 cm³/mol. The van der Waals surface area contributed by atoms with Gasteiger partial charge in [0, 0.05) is 17.4 Å². The van der Waals surface area contributed by atoms with E-state index >= 15 is 0 Å². The van der Waals surface area contributed by atoms with Gasteiger partial charge in [0.25, 0.3) is 5.91 Å². The average molecular weight is 428 g/mol. The molecule has 0 fully saturated rings. The first-order valence-electron chi connectivity index (χ1n) is 10.8. The number of fused-ring (bicyclic) bond motifs is 4. The summed E-state index contributed by atoms with van der Waals surface area (Å²) >= 11 is 0. The smallest absolute Gasteiger partial charge is 0.341 e. The highest BCUT2D eigenvalue weighted by atomic mass is 16.5. The van der Waals surface area contributed by atoms with Gasteiger partial charge < -0.3 is 20.1 Å². The van der Waals surface area contributed by atoms with Crippen LogP contribution in [0.3, 0.4) is 0 Å². The van der Waals surface area contributed by atoms with Gasteiger partial charge in [0.2, 0.25) is 0 Å². The number of hydrogen-bond donors (Lipinski definition) is 2. The number of carboxylic acid groups (broad SMARTS) is 1. The summed E-state index contributed by atoms with van der Waals surface area (Å²) in [4.78, 5) is 24.2. The van der Waals surface area contributed by atoms with E-state index in [-0.39, 0.29) is 0 Å². The fourth-order valence-electron chi connectivity index (χ4n) is 5.01. The highest BCUT2D eigenvalue weighted by Gasteiger charge is 2.29. The van der Waals surface area contributed by atoms with Crippen molar-refractivity contribution >= 4 is 33.7 Å². The molecule has 32 heavy (non-hydrogen) atoms. The van der Waals surface area contributed by atoms with Crippen molar-refractivity contribution in [3.63, 3.8) is 0 Å². The van der Waals surface area contributed by atoms with Gasteiger partial charge in [-0.15, -0.1) is 0 Å². The third kappa shape index (κ3) is 3.28. The van der Waals surface area contributed by atoms with Crippen molar-refractivity contribution in [2.45, 2.75) is 32.2 Å². The predicted octanol–water partition coefficient (Wildman–Crippen LogP) is 4.28. The van der Waals surface area contributed by atoms with E-state index < -0.39 is 18.5 Å². The Balaban J connectivity index is 1.92. The number of carbonyl (C=O) groups excluding carboxylic acids is 1. The molecule has 5 rings (SSSR count). The topological polar surface area (TPSA) is 94.6 Å². The van der Waals surface area contributed by atoms with E-state index in [0.29, 0.717) is 17.9 Å². The second-order valence-electron chi connectivity index (χ2n) is 8.23. The van der Waals surface area contributed by atoms with Gasteiger partial charge in [0.15, 0.2) is 6.61 Å². The van der Waals surface area contributed by atoms with Gasteiger partial charge in [0.1, 0.15) is 5.75 Å². The van der Waals surface area contributed by atoms with Crippen molar-refractivity contribution in [3.05, 3.63) is 76.9 Å².